The Labute approximate surface area is 133 Å². The van der Waals surface area contributed by atoms with Crippen LogP contribution in [0.2, 0.25) is 0 Å². The summed E-state index contributed by atoms with van der Waals surface area (Å²) in [6, 6.07) is 4.19. The molecular weight excluding hydrogens is 389 g/mol. The first-order chi connectivity index (χ1) is 9.97. The number of benzene rings is 1. The molecule has 0 fully saturated rings. The molecule has 2 aromatic rings. The average Bonchev–Trinajstić information content (AvgIpc) is 2.84. The van der Waals surface area contributed by atoms with E-state index in [9.17, 15) is 14.9 Å². The van der Waals surface area contributed by atoms with Gasteiger partial charge in [0.05, 0.1) is 10.5 Å². The number of hydrogen-bond donors (Lipinski definition) is 1. The number of hydrogen-bond acceptors (Lipinski definition) is 5. The van der Waals surface area contributed by atoms with Crippen LogP contribution in [0.25, 0.3) is 0 Å². The van der Waals surface area contributed by atoms with Crippen molar-refractivity contribution < 1.29 is 9.72 Å². The lowest BCUT2D eigenvalue weighted by Gasteiger charge is -2.05. The van der Waals surface area contributed by atoms with Crippen molar-refractivity contribution >= 4 is 34.2 Å². The minimum atomic E-state index is -0.523. The third kappa shape index (κ3) is 3.97. The minimum Gasteiger partial charge on any atom is -0.352 e. The van der Waals surface area contributed by atoms with Crippen LogP contribution < -0.4 is 5.32 Å². The van der Waals surface area contributed by atoms with Crippen LogP contribution in [0.1, 0.15) is 16.2 Å². The summed E-state index contributed by atoms with van der Waals surface area (Å²) in [6.07, 6.45) is 2.08. The quantitative estimate of drug-likeness (QED) is 0.462. The van der Waals surface area contributed by atoms with Crippen LogP contribution in [0.3, 0.4) is 0 Å². The standard InChI is InChI=1S/C12H12IN5O3/c1-17-7-15-11(16-17)4-5-14-12(19)9-6-8(18(20)21)2-3-10(9)13/h2-3,6-7H,4-5H2,1H3,(H,14,19). The minimum absolute atomic E-state index is 0.105. The third-order valence-electron chi connectivity index (χ3n) is 2.69. The van der Waals surface area contributed by atoms with Crippen molar-refractivity contribution in [2.24, 2.45) is 7.05 Å². The summed E-state index contributed by atoms with van der Waals surface area (Å²) < 4.78 is 2.24. The second kappa shape index (κ2) is 6.61. The van der Waals surface area contributed by atoms with Gasteiger partial charge >= 0.3 is 0 Å². The van der Waals surface area contributed by atoms with Gasteiger partial charge in [0.1, 0.15) is 6.33 Å². The highest BCUT2D eigenvalue weighted by Crippen LogP contribution is 2.19. The van der Waals surface area contributed by atoms with Crippen molar-refractivity contribution in [1.82, 2.24) is 20.1 Å². The van der Waals surface area contributed by atoms with E-state index in [-0.39, 0.29) is 11.6 Å². The van der Waals surface area contributed by atoms with E-state index in [1.54, 1.807) is 24.1 Å². The fourth-order valence-electron chi connectivity index (χ4n) is 1.68. The molecule has 0 saturated heterocycles. The number of aromatic nitrogens is 3. The maximum absolute atomic E-state index is 12.1. The number of aryl methyl sites for hydroxylation is 1. The van der Waals surface area contributed by atoms with E-state index in [2.05, 4.69) is 15.4 Å². The summed E-state index contributed by atoms with van der Waals surface area (Å²) in [5.41, 5.74) is 0.186. The van der Waals surface area contributed by atoms with Gasteiger partial charge in [0.25, 0.3) is 11.6 Å². The van der Waals surface area contributed by atoms with Gasteiger partial charge in [-0.2, -0.15) is 5.10 Å². The first-order valence-corrected chi connectivity index (χ1v) is 7.12. The number of rotatable bonds is 5. The molecule has 110 valence electrons. The molecule has 8 nitrogen and oxygen atoms in total. The van der Waals surface area contributed by atoms with Crippen molar-refractivity contribution in [2.45, 2.75) is 6.42 Å². The summed E-state index contributed by atoms with van der Waals surface area (Å²) in [5.74, 6) is 0.283. The van der Waals surface area contributed by atoms with Crippen LogP contribution >= 0.6 is 22.6 Å². The molecule has 0 atom stereocenters. The molecule has 1 amide bonds. The van der Waals surface area contributed by atoms with Gasteiger partial charge in [-0.1, -0.05) is 0 Å². The third-order valence-corrected chi connectivity index (χ3v) is 3.63. The topological polar surface area (TPSA) is 103 Å². The lowest BCUT2D eigenvalue weighted by atomic mass is 10.2. The van der Waals surface area contributed by atoms with Crippen molar-refractivity contribution in [3.63, 3.8) is 0 Å². The monoisotopic (exact) mass is 401 g/mol. The Morgan fingerprint density at radius 3 is 2.90 bits per heavy atom. The van der Waals surface area contributed by atoms with Crippen LogP contribution in [0.15, 0.2) is 24.5 Å². The van der Waals surface area contributed by atoms with E-state index in [1.807, 2.05) is 22.6 Å². The van der Waals surface area contributed by atoms with Crippen LogP contribution in [0.4, 0.5) is 5.69 Å². The number of non-ortho nitro benzene ring substituents is 1. The molecule has 2 rings (SSSR count). The van der Waals surface area contributed by atoms with Crippen LogP contribution in [-0.4, -0.2) is 32.1 Å². The summed E-state index contributed by atoms with van der Waals surface area (Å²) >= 11 is 1.97. The predicted molar refractivity (Wildman–Crippen MR) is 82.9 cm³/mol. The highest BCUT2D eigenvalue weighted by Gasteiger charge is 2.15. The Morgan fingerprint density at radius 1 is 1.52 bits per heavy atom. The number of nitro benzene ring substituents is 1. The second-order valence-corrected chi connectivity index (χ2v) is 5.42. The Balaban J connectivity index is 1.99. The fraction of sp³-hybridized carbons (Fsp3) is 0.250. The summed E-state index contributed by atoms with van der Waals surface area (Å²) in [4.78, 5) is 26.3. The molecule has 0 spiro atoms. The molecule has 0 bridgehead atoms. The molecule has 1 aromatic heterocycles. The molecular formula is C12H12IN5O3. The van der Waals surface area contributed by atoms with Gasteiger partial charge in [0.15, 0.2) is 5.82 Å². The van der Waals surface area contributed by atoms with E-state index < -0.39 is 4.92 Å². The van der Waals surface area contributed by atoms with Gasteiger partial charge in [-0.05, 0) is 28.7 Å². The van der Waals surface area contributed by atoms with E-state index in [0.717, 1.165) is 0 Å². The SMILES string of the molecule is Cn1cnc(CCNC(=O)c2cc([N+](=O)[O-])ccc2I)n1. The van der Waals surface area contributed by atoms with Crippen LogP contribution in [0, 0.1) is 13.7 Å². The molecule has 0 saturated carbocycles. The van der Waals surface area contributed by atoms with Gasteiger partial charge in [0, 0.05) is 35.7 Å². The van der Waals surface area contributed by atoms with Crippen molar-refractivity contribution in [3.05, 3.63) is 49.6 Å². The van der Waals surface area contributed by atoms with E-state index in [0.29, 0.717) is 27.9 Å². The van der Waals surface area contributed by atoms with Gasteiger partial charge in [0.2, 0.25) is 0 Å². The largest absolute Gasteiger partial charge is 0.352 e. The second-order valence-electron chi connectivity index (χ2n) is 4.26. The fourth-order valence-corrected chi connectivity index (χ4v) is 2.26. The summed E-state index contributed by atoms with van der Waals surface area (Å²) in [5, 5.41) is 17.5. The summed E-state index contributed by atoms with van der Waals surface area (Å²) in [7, 11) is 1.76. The van der Waals surface area contributed by atoms with Crippen LogP contribution in [-0.2, 0) is 13.5 Å². The van der Waals surface area contributed by atoms with Gasteiger partial charge in [-0.15, -0.1) is 0 Å². The van der Waals surface area contributed by atoms with Gasteiger partial charge < -0.3 is 5.32 Å². The van der Waals surface area contributed by atoms with Crippen molar-refractivity contribution in [1.29, 1.82) is 0 Å². The number of nitrogens with zero attached hydrogens (tertiary/aromatic N) is 4. The average molecular weight is 401 g/mol. The molecule has 1 heterocycles. The first-order valence-electron chi connectivity index (χ1n) is 6.04. The normalized spacial score (nSPS) is 10.4. The van der Waals surface area contributed by atoms with Gasteiger partial charge in [-0.3, -0.25) is 19.6 Å². The molecule has 9 heteroatoms. The number of nitro groups is 1. The summed E-state index contributed by atoms with van der Waals surface area (Å²) in [6.45, 7) is 0.363. The Bertz CT molecular complexity index is 685. The zero-order valence-electron chi connectivity index (χ0n) is 11.1. The maximum atomic E-state index is 12.1. The zero-order valence-corrected chi connectivity index (χ0v) is 13.3. The van der Waals surface area contributed by atoms with Gasteiger partial charge in [-0.25, -0.2) is 4.98 Å². The molecule has 0 radical (unpaired) electrons. The number of nitrogens with one attached hydrogen (secondary N) is 1. The van der Waals surface area contributed by atoms with Crippen LogP contribution in [0.5, 0.6) is 0 Å². The smallest absolute Gasteiger partial charge is 0.270 e. The Hall–Kier alpha value is -2.04. The molecule has 1 aromatic carbocycles. The predicted octanol–water partition coefficient (Wildman–Crippen LogP) is 1.30. The molecule has 0 aliphatic carbocycles. The Kier molecular flexibility index (Phi) is 4.83. The Morgan fingerprint density at radius 2 is 2.29 bits per heavy atom. The lowest BCUT2D eigenvalue weighted by molar-refractivity contribution is -0.384. The van der Waals surface area contributed by atoms with E-state index in [1.165, 1.54) is 12.1 Å². The molecule has 21 heavy (non-hydrogen) atoms. The lowest BCUT2D eigenvalue weighted by Crippen LogP contribution is -2.26. The van der Waals surface area contributed by atoms with E-state index >= 15 is 0 Å². The number of carbonyl (C=O) groups is 1. The molecule has 0 aliphatic rings. The highest BCUT2D eigenvalue weighted by atomic mass is 127. The molecule has 0 aliphatic heterocycles. The highest BCUT2D eigenvalue weighted by molar-refractivity contribution is 14.1. The number of amides is 1. The molecule has 0 unspecified atom stereocenters. The number of halogens is 1. The van der Waals surface area contributed by atoms with E-state index in [4.69, 9.17) is 0 Å². The molecule has 1 N–H and O–H groups in total. The van der Waals surface area contributed by atoms with Crippen molar-refractivity contribution in [2.75, 3.05) is 6.54 Å². The first kappa shape index (κ1) is 15.4. The van der Waals surface area contributed by atoms with Crippen molar-refractivity contribution in [3.8, 4) is 0 Å². The maximum Gasteiger partial charge on any atom is 0.270 e. The number of carbonyl (C=O) groups excluding carboxylic acids is 1. The zero-order chi connectivity index (χ0) is 15.4.